The van der Waals surface area contributed by atoms with Crippen molar-refractivity contribution >= 4 is 29.0 Å². The summed E-state index contributed by atoms with van der Waals surface area (Å²) >= 11 is 11.0. The molecule has 0 atom stereocenters. The number of carbonyl (C=O) groups excluding carboxylic acids is 1. The summed E-state index contributed by atoms with van der Waals surface area (Å²) in [5.74, 6) is -1.51. The summed E-state index contributed by atoms with van der Waals surface area (Å²) in [4.78, 5) is 11.3. The quantitative estimate of drug-likeness (QED) is 0.624. The molecule has 2 nitrogen and oxygen atoms in total. The van der Waals surface area contributed by atoms with Crippen molar-refractivity contribution in [2.75, 3.05) is 13.0 Å². The van der Waals surface area contributed by atoms with Gasteiger partial charge in [0, 0.05) is 5.56 Å². The predicted octanol–water partition coefficient (Wildman–Crippen LogP) is 3.79. The van der Waals surface area contributed by atoms with Gasteiger partial charge < -0.3 is 4.74 Å². The molecule has 0 saturated carbocycles. The predicted molar refractivity (Wildman–Crippen MR) is 58.1 cm³/mol. The number of methoxy groups -OCH3 is 1. The Bertz CT molecular complexity index is 444. The minimum Gasteiger partial charge on any atom is -0.495 e. The SMILES string of the molecule is COc1c(C(F)(F)F)ccc(C(=O)CCl)c1Cl. The largest absolute Gasteiger partial charge is 0.495 e. The van der Waals surface area contributed by atoms with Gasteiger partial charge in [0.05, 0.1) is 23.6 Å². The van der Waals surface area contributed by atoms with Crippen LogP contribution >= 0.6 is 23.2 Å². The molecule has 0 heterocycles. The second-order valence-electron chi connectivity index (χ2n) is 3.06. The van der Waals surface area contributed by atoms with Crippen molar-refractivity contribution in [2.45, 2.75) is 6.18 Å². The van der Waals surface area contributed by atoms with Gasteiger partial charge in [-0.2, -0.15) is 13.2 Å². The Balaban J connectivity index is 3.43. The monoisotopic (exact) mass is 286 g/mol. The zero-order chi connectivity index (χ0) is 13.2. The van der Waals surface area contributed by atoms with Crippen LogP contribution in [0.5, 0.6) is 5.75 Å². The number of ketones is 1. The number of Topliss-reactive ketones (excluding diaryl/α,β-unsaturated/α-hetero) is 1. The first-order valence-corrected chi connectivity index (χ1v) is 5.27. The highest BCUT2D eigenvalue weighted by Gasteiger charge is 2.36. The van der Waals surface area contributed by atoms with Crippen LogP contribution in [0.15, 0.2) is 12.1 Å². The minimum atomic E-state index is -4.60. The van der Waals surface area contributed by atoms with Crippen molar-refractivity contribution in [3.05, 3.63) is 28.3 Å². The molecule has 0 radical (unpaired) electrons. The molecule has 0 bridgehead atoms. The van der Waals surface area contributed by atoms with Gasteiger partial charge in [0.25, 0.3) is 0 Å². The third kappa shape index (κ3) is 2.84. The number of hydrogen-bond acceptors (Lipinski definition) is 2. The van der Waals surface area contributed by atoms with E-state index < -0.39 is 23.3 Å². The zero-order valence-corrected chi connectivity index (χ0v) is 10.1. The Hall–Kier alpha value is -0.940. The molecule has 1 rings (SSSR count). The molecule has 7 heteroatoms. The van der Waals surface area contributed by atoms with Crippen molar-refractivity contribution in [1.29, 1.82) is 0 Å². The molecule has 0 fully saturated rings. The highest BCUT2D eigenvalue weighted by Crippen LogP contribution is 2.41. The third-order valence-electron chi connectivity index (χ3n) is 2.03. The first-order valence-electron chi connectivity index (χ1n) is 4.35. The molecule has 0 amide bonds. The molecule has 1 aromatic rings. The highest BCUT2D eigenvalue weighted by molar-refractivity contribution is 6.38. The van der Waals surface area contributed by atoms with Crippen LogP contribution in [0.2, 0.25) is 5.02 Å². The maximum absolute atomic E-state index is 12.6. The van der Waals surface area contributed by atoms with E-state index in [1.165, 1.54) is 0 Å². The van der Waals surface area contributed by atoms with E-state index in [1.54, 1.807) is 0 Å². The van der Waals surface area contributed by atoms with Gasteiger partial charge in [-0.15, -0.1) is 11.6 Å². The highest BCUT2D eigenvalue weighted by atomic mass is 35.5. The molecule has 0 saturated heterocycles. The summed E-state index contributed by atoms with van der Waals surface area (Å²) in [6, 6.07) is 1.73. The number of hydrogen-bond donors (Lipinski definition) is 0. The Labute approximate surface area is 105 Å². The van der Waals surface area contributed by atoms with Crippen LogP contribution in [0.1, 0.15) is 15.9 Å². The van der Waals surface area contributed by atoms with Gasteiger partial charge in [-0.25, -0.2) is 0 Å². The van der Waals surface area contributed by atoms with Gasteiger partial charge in [-0.3, -0.25) is 4.79 Å². The van der Waals surface area contributed by atoms with E-state index in [2.05, 4.69) is 4.74 Å². The number of alkyl halides is 4. The molecule has 1 aromatic carbocycles. The summed E-state index contributed by atoms with van der Waals surface area (Å²) < 4.78 is 42.3. The Morgan fingerprint density at radius 1 is 1.41 bits per heavy atom. The molecule has 0 N–H and O–H groups in total. The van der Waals surface area contributed by atoms with Crippen molar-refractivity contribution in [3.8, 4) is 5.75 Å². The Kier molecular flexibility index (Phi) is 4.27. The van der Waals surface area contributed by atoms with E-state index in [9.17, 15) is 18.0 Å². The van der Waals surface area contributed by atoms with Crippen molar-refractivity contribution in [2.24, 2.45) is 0 Å². The molecular formula is C10H7Cl2F3O2. The van der Waals surface area contributed by atoms with Gasteiger partial charge in [-0.05, 0) is 12.1 Å². The van der Waals surface area contributed by atoms with Gasteiger partial charge in [0.15, 0.2) is 5.78 Å². The average molecular weight is 287 g/mol. The molecule has 17 heavy (non-hydrogen) atoms. The lowest BCUT2D eigenvalue weighted by Gasteiger charge is -2.14. The molecule has 0 spiro atoms. The van der Waals surface area contributed by atoms with Gasteiger partial charge >= 0.3 is 6.18 Å². The van der Waals surface area contributed by atoms with Crippen LogP contribution in [0, 0.1) is 0 Å². The second-order valence-corrected chi connectivity index (χ2v) is 3.71. The summed E-state index contributed by atoms with van der Waals surface area (Å²) in [5, 5.41) is -0.382. The number of carbonyl (C=O) groups is 1. The van der Waals surface area contributed by atoms with E-state index in [0.717, 1.165) is 19.2 Å². The fourth-order valence-electron chi connectivity index (χ4n) is 1.27. The smallest absolute Gasteiger partial charge is 0.420 e. The molecule has 94 valence electrons. The number of benzene rings is 1. The normalized spacial score (nSPS) is 11.4. The van der Waals surface area contributed by atoms with Gasteiger partial charge in [0.2, 0.25) is 0 Å². The van der Waals surface area contributed by atoms with Crippen LogP contribution in [-0.2, 0) is 6.18 Å². The van der Waals surface area contributed by atoms with Crippen LogP contribution in [0.4, 0.5) is 13.2 Å². The van der Waals surface area contributed by atoms with Gasteiger partial charge in [0.1, 0.15) is 5.75 Å². The van der Waals surface area contributed by atoms with Gasteiger partial charge in [-0.1, -0.05) is 11.6 Å². The van der Waals surface area contributed by atoms with Crippen molar-refractivity contribution in [3.63, 3.8) is 0 Å². The zero-order valence-electron chi connectivity index (χ0n) is 8.57. The Morgan fingerprint density at radius 3 is 2.41 bits per heavy atom. The lowest BCUT2D eigenvalue weighted by molar-refractivity contribution is -0.138. The first kappa shape index (κ1) is 14.1. The van der Waals surface area contributed by atoms with E-state index in [4.69, 9.17) is 23.2 Å². The van der Waals surface area contributed by atoms with Crippen molar-refractivity contribution in [1.82, 2.24) is 0 Å². The molecule has 0 aliphatic carbocycles. The van der Waals surface area contributed by atoms with E-state index in [0.29, 0.717) is 0 Å². The van der Waals surface area contributed by atoms with E-state index in [1.807, 2.05) is 0 Å². The molecule has 0 aromatic heterocycles. The summed E-state index contributed by atoms with van der Waals surface area (Å²) in [6.45, 7) is 0. The summed E-state index contributed by atoms with van der Waals surface area (Å²) in [5.41, 5.74) is -1.12. The summed E-state index contributed by atoms with van der Waals surface area (Å²) in [7, 11) is 1.05. The third-order valence-corrected chi connectivity index (χ3v) is 2.65. The van der Waals surface area contributed by atoms with Crippen LogP contribution in [0.3, 0.4) is 0 Å². The standard InChI is InChI=1S/C10H7Cl2F3O2/c1-17-9-6(10(13,14)15)3-2-5(8(9)12)7(16)4-11/h2-3H,4H2,1H3. The van der Waals surface area contributed by atoms with Crippen LogP contribution < -0.4 is 4.74 Å². The molecule has 0 aliphatic rings. The second kappa shape index (κ2) is 5.14. The summed E-state index contributed by atoms with van der Waals surface area (Å²) in [6.07, 6.45) is -4.60. The van der Waals surface area contributed by atoms with Crippen molar-refractivity contribution < 1.29 is 22.7 Å². The first-order chi connectivity index (χ1) is 7.82. The maximum atomic E-state index is 12.6. The molecular weight excluding hydrogens is 280 g/mol. The minimum absolute atomic E-state index is 0.0912. The topological polar surface area (TPSA) is 26.3 Å². The fourth-order valence-corrected chi connectivity index (χ4v) is 1.76. The average Bonchev–Trinajstić information content (AvgIpc) is 2.26. The number of ether oxygens (including phenoxy) is 1. The lowest BCUT2D eigenvalue weighted by Crippen LogP contribution is -2.10. The van der Waals surface area contributed by atoms with E-state index in [-0.39, 0.29) is 16.5 Å². The number of rotatable bonds is 3. The fraction of sp³-hybridized carbons (Fsp3) is 0.300. The van der Waals surface area contributed by atoms with Crippen LogP contribution in [0.25, 0.3) is 0 Å². The molecule has 0 aliphatic heterocycles. The Morgan fingerprint density at radius 2 is 2.00 bits per heavy atom. The van der Waals surface area contributed by atoms with E-state index >= 15 is 0 Å². The van der Waals surface area contributed by atoms with Crippen LogP contribution in [-0.4, -0.2) is 18.8 Å². The lowest BCUT2D eigenvalue weighted by atomic mass is 10.1. The maximum Gasteiger partial charge on any atom is 0.420 e. The number of halogens is 5. The molecule has 0 unspecified atom stereocenters.